The fourth-order valence-electron chi connectivity index (χ4n) is 3.21. The third-order valence-corrected chi connectivity index (χ3v) is 3.97. The number of hydrogen-bond acceptors (Lipinski definition) is 0. The van der Waals surface area contributed by atoms with Crippen molar-refractivity contribution in [3.05, 3.63) is 0 Å². The van der Waals surface area contributed by atoms with Crippen LogP contribution in [0.2, 0.25) is 0 Å². The Kier molecular flexibility index (Phi) is 8.86. The number of halogens is 2. The molecule has 0 nitrogen and oxygen atoms in total. The zero-order chi connectivity index (χ0) is 10.9. The molecular formula is C12H22Cl2Pd. The molecular weight excluding hydrogens is 321 g/mol. The fraction of sp³-hybridized carbons (Fsp3) is 1.00. The van der Waals surface area contributed by atoms with Gasteiger partial charge < -0.3 is 0 Å². The third kappa shape index (κ3) is 5.92. The van der Waals surface area contributed by atoms with Crippen LogP contribution in [0.15, 0.2) is 0 Å². The number of rotatable bonds is 1. The standard InChI is InChI=1S/C12H22.2ClH.Pd/c1-3-7-11(8-4-1)12-9-5-2-6-10-12;;;/h11-12H,1-10H2;2*1H;/q;;;+2/p-2. The first kappa shape index (κ1) is 14.3. The van der Waals surface area contributed by atoms with Crippen LogP contribution in [-0.2, 0) is 15.9 Å². The summed E-state index contributed by atoms with van der Waals surface area (Å²) in [5.41, 5.74) is 0. The van der Waals surface area contributed by atoms with Crippen molar-refractivity contribution in [3.63, 3.8) is 0 Å². The van der Waals surface area contributed by atoms with Crippen LogP contribution in [0.3, 0.4) is 0 Å². The van der Waals surface area contributed by atoms with Crippen molar-refractivity contribution in [2.24, 2.45) is 11.8 Å². The van der Waals surface area contributed by atoms with Crippen LogP contribution in [-0.4, -0.2) is 0 Å². The molecule has 0 aromatic carbocycles. The van der Waals surface area contributed by atoms with E-state index in [1.807, 2.05) is 0 Å². The van der Waals surface area contributed by atoms with Gasteiger partial charge in [0.05, 0.1) is 0 Å². The number of hydrogen-bond donors (Lipinski definition) is 0. The Morgan fingerprint density at radius 2 is 0.867 bits per heavy atom. The van der Waals surface area contributed by atoms with Crippen LogP contribution in [0.4, 0.5) is 0 Å². The first-order chi connectivity index (χ1) is 7.38. The normalized spacial score (nSPS) is 24.7. The Hall–Kier alpha value is 1.24. The molecule has 15 heavy (non-hydrogen) atoms. The Morgan fingerprint density at radius 3 is 1.13 bits per heavy atom. The molecule has 2 saturated carbocycles. The summed E-state index contributed by atoms with van der Waals surface area (Å²) >= 11 is -0.106. The second-order valence-corrected chi connectivity index (χ2v) is 7.20. The van der Waals surface area contributed by atoms with Crippen LogP contribution in [0.25, 0.3) is 0 Å². The van der Waals surface area contributed by atoms with E-state index in [1.165, 1.54) is 38.5 Å². The summed E-state index contributed by atoms with van der Waals surface area (Å²) in [7, 11) is 9.63. The first-order valence-electron chi connectivity index (χ1n) is 6.21. The Morgan fingerprint density at radius 1 is 0.600 bits per heavy atom. The summed E-state index contributed by atoms with van der Waals surface area (Å²) < 4.78 is 0. The third-order valence-electron chi connectivity index (χ3n) is 3.97. The monoisotopic (exact) mass is 342 g/mol. The molecule has 0 aromatic heterocycles. The van der Waals surface area contributed by atoms with Crippen LogP contribution in [0.5, 0.6) is 0 Å². The van der Waals surface area contributed by atoms with Crippen molar-refractivity contribution in [2.45, 2.75) is 64.2 Å². The first-order valence-corrected chi connectivity index (χ1v) is 10.2. The summed E-state index contributed by atoms with van der Waals surface area (Å²) in [5, 5.41) is 0. The summed E-state index contributed by atoms with van der Waals surface area (Å²) in [6.07, 6.45) is 15.4. The molecule has 0 radical (unpaired) electrons. The van der Waals surface area contributed by atoms with Gasteiger partial charge in [0.2, 0.25) is 0 Å². The Labute approximate surface area is 111 Å². The maximum atomic E-state index is 4.81. The van der Waals surface area contributed by atoms with Crippen molar-refractivity contribution in [2.75, 3.05) is 0 Å². The van der Waals surface area contributed by atoms with Gasteiger partial charge in [-0.15, -0.1) is 0 Å². The van der Waals surface area contributed by atoms with E-state index in [2.05, 4.69) is 0 Å². The molecule has 2 rings (SSSR count). The molecule has 2 fully saturated rings. The van der Waals surface area contributed by atoms with Gasteiger partial charge in [-0.1, -0.05) is 64.2 Å². The second kappa shape index (κ2) is 9.29. The van der Waals surface area contributed by atoms with Gasteiger partial charge in [0.25, 0.3) is 0 Å². The van der Waals surface area contributed by atoms with Gasteiger partial charge in [-0.25, -0.2) is 0 Å². The molecule has 0 amide bonds. The molecule has 0 aromatic rings. The zero-order valence-electron chi connectivity index (χ0n) is 9.30. The average Bonchev–Trinajstić information content (AvgIpc) is 2.32. The molecule has 0 unspecified atom stereocenters. The van der Waals surface area contributed by atoms with Gasteiger partial charge in [0.15, 0.2) is 0 Å². The van der Waals surface area contributed by atoms with Gasteiger partial charge in [-0.2, -0.15) is 0 Å². The summed E-state index contributed by atoms with van der Waals surface area (Å²) in [4.78, 5) is 0. The van der Waals surface area contributed by atoms with Gasteiger partial charge in [-0.05, 0) is 11.8 Å². The van der Waals surface area contributed by atoms with Crippen LogP contribution in [0.1, 0.15) is 64.2 Å². The van der Waals surface area contributed by atoms with Crippen molar-refractivity contribution < 1.29 is 15.9 Å². The van der Waals surface area contributed by atoms with E-state index in [-0.39, 0.29) is 15.9 Å². The van der Waals surface area contributed by atoms with Crippen molar-refractivity contribution >= 4 is 19.1 Å². The van der Waals surface area contributed by atoms with E-state index in [9.17, 15) is 0 Å². The quantitative estimate of drug-likeness (QED) is 0.550. The van der Waals surface area contributed by atoms with Crippen LogP contribution in [0, 0.1) is 11.8 Å². The van der Waals surface area contributed by atoms with E-state index < -0.39 is 0 Å². The van der Waals surface area contributed by atoms with Crippen molar-refractivity contribution in [1.29, 1.82) is 0 Å². The molecule has 3 heteroatoms. The van der Waals surface area contributed by atoms with E-state index in [4.69, 9.17) is 19.1 Å². The summed E-state index contributed by atoms with van der Waals surface area (Å²) in [5.74, 6) is 2.28. The fourth-order valence-corrected chi connectivity index (χ4v) is 3.21. The van der Waals surface area contributed by atoms with E-state index >= 15 is 0 Å². The molecule has 2 aliphatic carbocycles. The molecule has 0 atom stereocenters. The van der Waals surface area contributed by atoms with Crippen LogP contribution < -0.4 is 0 Å². The molecule has 0 saturated heterocycles. The van der Waals surface area contributed by atoms with Gasteiger partial charge in [0.1, 0.15) is 0 Å². The molecule has 94 valence electrons. The molecule has 0 bridgehead atoms. The SMILES string of the molecule is C1CCC(C2CCCCC2)CC1.[Cl][Pd][Cl]. The van der Waals surface area contributed by atoms with Crippen LogP contribution >= 0.6 is 19.1 Å². The minimum atomic E-state index is -0.106. The summed E-state index contributed by atoms with van der Waals surface area (Å²) in [6, 6.07) is 0. The van der Waals surface area contributed by atoms with Crippen molar-refractivity contribution in [1.82, 2.24) is 0 Å². The predicted octanol–water partition coefficient (Wildman–Crippen LogP) is 5.52. The summed E-state index contributed by atoms with van der Waals surface area (Å²) in [6.45, 7) is 0. The Balaban J connectivity index is 0.000000337. The average molecular weight is 344 g/mol. The minimum absolute atomic E-state index is 0.106. The van der Waals surface area contributed by atoms with Gasteiger partial charge in [-0.3, -0.25) is 0 Å². The van der Waals surface area contributed by atoms with E-state index in [0.717, 1.165) is 11.8 Å². The maximum absolute atomic E-state index is 4.81. The Bertz CT molecular complexity index is 125. The molecule has 0 heterocycles. The van der Waals surface area contributed by atoms with Gasteiger partial charge >= 0.3 is 35.0 Å². The second-order valence-electron chi connectivity index (χ2n) is 4.84. The van der Waals surface area contributed by atoms with Crippen molar-refractivity contribution in [3.8, 4) is 0 Å². The molecule has 0 spiro atoms. The molecule has 0 N–H and O–H groups in total. The van der Waals surface area contributed by atoms with Gasteiger partial charge in [0, 0.05) is 0 Å². The van der Waals surface area contributed by atoms with E-state index in [0.29, 0.717) is 0 Å². The molecule has 0 aliphatic heterocycles. The zero-order valence-corrected chi connectivity index (χ0v) is 12.4. The molecule has 2 aliphatic rings. The topological polar surface area (TPSA) is 0 Å². The van der Waals surface area contributed by atoms with E-state index in [1.54, 1.807) is 25.7 Å². The predicted molar refractivity (Wildman–Crippen MR) is 64.9 cm³/mol.